The molecular weight excluding hydrogens is 288 g/mol. The van der Waals surface area contributed by atoms with E-state index in [1.54, 1.807) is 0 Å². The van der Waals surface area contributed by atoms with E-state index >= 15 is 0 Å². The largest absolute Gasteiger partial charge is 0.313 e. The van der Waals surface area contributed by atoms with Gasteiger partial charge in [0.2, 0.25) is 0 Å². The van der Waals surface area contributed by atoms with Crippen molar-refractivity contribution in [3.8, 4) is 0 Å². The van der Waals surface area contributed by atoms with Crippen LogP contribution < -0.4 is 5.32 Å². The molecule has 0 aliphatic heterocycles. The van der Waals surface area contributed by atoms with E-state index in [1.807, 2.05) is 38.1 Å². The van der Waals surface area contributed by atoms with Gasteiger partial charge in [0.05, 0.1) is 4.90 Å². The fourth-order valence-corrected chi connectivity index (χ4v) is 2.96. The number of rotatable bonds is 6. The molecule has 1 N–H and O–H groups in total. The summed E-state index contributed by atoms with van der Waals surface area (Å²) in [6, 6.07) is 10.8. The molecule has 2 aromatic carbocycles. The zero-order valence-electron chi connectivity index (χ0n) is 12.2. The van der Waals surface area contributed by atoms with Crippen LogP contribution in [-0.4, -0.2) is 6.54 Å². The highest BCUT2D eigenvalue weighted by Crippen LogP contribution is 2.29. The summed E-state index contributed by atoms with van der Waals surface area (Å²) in [6.07, 6.45) is 0. The maximum atomic E-state index is 14.0. The first-order valence-electron chi connectivity index (χ1n) is 6.97. The van der Waals surface area contributed by atoms with E-state index in [0.717, 1.165) is 17.7 Å². The van der Waals surface area contributed by atoms with Crippen LogP contribution in [0.15, 0.2) is 41.3 Å². The molecule has 21 heavy (non-hydrogen) atoms. The van der Waals surface area contributed by atoms with Crippen LogP contribution in [0.3, 0.4) is 0 Å². The normalized spacial score (nSPS) is 10.9. The van der Waals surface area contributed by atoms with Crippen LogP contribution in [0.5, 0.6) is 0 Å². The summed E-state index contributed by atoms with van der Waals surface area (Å²) in [5, 5.41) is 3.06. The predicted octanol–water partition coefficient (Wildman–Crippen LogP) is 4.68. The quantitative estimate of drug-likeness (QED) is 0.778. The number of thioether (sulfide) groups is 1. The first-order valence-corrected chi connectivity index (χ1v) is 7.95. The number of benzene rings is 2. The van der Waals surface area contributed by atoms with Gasteiger partial charge in [0.15, 0.2) is 0 Å². The van der Waals surface area contributed by atoms with Crippen LogP contribution in [0.25, 0.3) is 0 Å². The van der Waals surface area contributed by atoms with Crippen LogP contribution in [0.4, 0.5) is 8.78 Å². The second kappa shape index (κ2) is 7.57. The minimum Gasteiger partial charge on any atom is -0.313 e. The van der Waals surface area contributed by atoms with Crippen molar-refractivity contribution in [2.75, 3.05) is 6.54 Å². The standard InChI is InChI=1S/C17H19F2NS/c1-3-20-10-14-8-15(18)17(16(19)9-14)21-11-13-6-4-5-12(2)7-13/h4-9,20H,3,10-11H2,1-2H3. The summed E-state index contributed by atoms with van der Waals surface area (Å²) in [6.45, 7) is 5.21. The van der Waals surface area contributed by atoms with Crippen molar-refractivity contribution < 1.29 is 8.78 Å². The van der Waals surface area contributed by atoms with Gasteiger partial charge < -0.3 is 5.32 Å². The minimum absolute atomic E-state index is 0.0942. The Balaban J connectivity index is 2.09. The number of hydrogen-bond donors (Lipinski definition) is 1. The van der Waals surface area contributed by atoms with Gasteiger partial charge in [0, 0.05) is 12.3 Å². The third-order valence-corrected chi connectivity index (χ3v) is 4.26. The summed E-state index contributed by atoms with van der Waals surface area (Å²) in [7, 11) is 0. The van der Waals surface area contributed by atoms with Gasteiger partial charge in [-0.3, -0.25) is 0 Å². The molecule has 0 bridgehead atoms. The van der Waals surface area contributed by atoms with Gasteiger partial charge >= 0.3 is 0 Å². The molecule has 0 aromatic heterocycles. The highest BCUT2D eigenvalue weighted by molar-refractivity contribution is 7.98. The lowest BCUT2D eigenvalue weighted by Gasteiger charge is -2.09. The molecule has 112 valence electrons. The molecule has 0 aliphatic carbocycles. The van der Waals surface area contributed by atoms with E-state index in [1.165, 1.54) is 23.9 Å². The molecule has 0 saturated carbocycles. The van der Waals surface area contributed by atoms with Gasteiger partial charge in [-0.1, -0.05) is 36.8 Å². The molecule has 0 aliphatic rings. The first-order chi connectivity index (χ1) is 10.1. The molecule has 0 atom stereocenters. The molecule has 2 aromatic rings. The predicted molar refractivity (Wildman–Crippen MR) is 84.5 cm³/mol. The first kappa shape index (κ1) is 16.0. The van der Waals surface area contributed by atoms with E-state index in [2.05, 4.69) is 5.32 Å². The van der Waals surface area contributed by atoms with Crippen LogP contribution in [-0.2, 0) is 12.3 Å². The van der Waals surface area contributed by atoms with E-state index in [-0.39, 0.29) is 4.90 Å². The Hall–Kier alpha value is -1.39. The number of nitrogens with one attached hydrogen (secondary N) is 1. The molecule has 2 rings (SSSR count). The van der Waals surface area contributed by atoms with Crippen LogP contribution in [0, 0.1) is 18.6 Å². The summed E-state index contributed by atoms with van der Waals surface area (Å²) < 4.78 is 28.1. The molecule has 0 amide bonds. The fraction of sp³-hybridized carbons (Fsp3) is 0.294. The Bertz CT molecular complexity index is 590. The molecule has 0 heterocycles. The maximum absolute atomic E-state index is 14.0. The van der Waals surface area contributed by atoms with Crippen molar-refractivity contribution in [1.29, 1.82) is 0 Å². The maximum Gasteiger partial charge on any atom is 0.140 e. The SMILES string of the molecule is CCNCc1cc(F)c(SCc2cccc(C)c2)c(F)c1. The van der Waals surface area contributed by atoms with Crippen molar-refractivity contribution in [2.24, 2.45) is 0 Å². The zero-order valence-corrected chi connectivity index (χ0v) is 13.1. The lowest BCUT2D eigenvalue weighted by atomic mass is 10.2. The van der Waals surface area contributed by atoms with Crippen molar-refractivity contribution >= 4 is 11.8 Å². The van der Waals surface area contributed by atoms with Crippen molar-refractivity contribution in [3.05, 3.63) is 64.7 Å². The summed E-state index contributed by atoms with van der Waals surface area (Å²) in [5.41, 5.74) is 2.84. The lowest BCUT2D eigenvalue weighted by Crippen LogP contribution is -2.12. The van der Waals surface area contributed by atoms with Gasteiger partial charge in [0.25, 0.3) is 0 Å². The Labute approximate surface area is 128 Å². The van der Waals surface area contributed by atoms with E-state index < -0.39 is 11.6 Å². The van der Waals surface area contributed by atoms with Crippen molar-refractivity contribution in [3.63, 3.8) is 0 Å². The molecule has 0 saturated heterocycles. The summed E-state index contributed by atoms with van der Waals surface area (Å²) >= 11 is 1.20. The van der Waals surface area contributed by atoms with Gasteiger partial charge in [0.1, 0.15) is 11.6 Å². The zero-order chi connectivity index (χ0) is 15.2. The minimum atomic E-state index is -0.486. The van der Waals surface area contributed by atoms with E-state index in [4.69, 9.17) is 0 Å². The Morgan fingerprint density at radius 2 is 1.76 bits per heavy atom. The Morgan fingerprint density at radius 1 is 1.05 bits per heavy atom. The second-order valence-electron chi connectivity index (χ2n) is 4.95. The Morgan fingerprint density at radius 3 is 2.38 bits per heavy atom. The molecule has 4 heteroatoms. The second-order valence-corrected chi connectivity index (χ2v) is 5.93. The van der Waals surface area contributed by atoms with Crippen molar-refractivity contribution in [2.45, 2.75) is 31.0 Å². The monoisotopic (exact) mass is 307 g/mol. The average Bonchev–Trinajstić information content (AvgIpc) is 2.44. The molecule has 0 fully saturated rings. The smallest absolute Gasteiger partial charge is 0.140 e. The van der Waals surface area contributed by atoms with E-state index in [0.29, 0.717) is 17.9 Å². The molecule has 0 radical (unpaired) electrons. The highest BCUT2D eigenvalue weighted by Gasteiger charge is 2.12. The third kappa shape index (κ3) is 4.55. The molecule has 0 unspecified atom stereocenters. The van der Waals surface area contributed by atoms with Gasteiger partial charge in [-0.2, -0.15) is 0 Å². The van der Waals surface area contributed by atoms with Crippen LogP contribution in [0.1, 0.15) is 23.6 Å². The molecule has 0 spiro atoms. The van der Waals surface area contributed by atoms with Gasteiger partial charge in [-0.25, -0.2) is 8.78 Å². The van der Waals surface area contributed by atoms with Crippen molar-refractivity contribution in [1.82, 2.24) is 5.32 Å². The molecular formula is C17H19F2NS. The number of hydrogen-bond acceptors (Lipinski definition) is 2. The average molecular weight is 307 g/mol. The topological polar surface area (TPSA) is 12.0 Å². The summed E-state index contributed by atoms with van der Waals surface area (Å²) in [4.78, 5) is 0.0942. The van der Waals surface area contributed by atoms with Crippen LogP contribution >= 0.6 is 11.8 Å². The lowest BCUT2D eigenvalue weighted by molar-refractivity contribution is 0.535. The Kier molecular flexibility index (Phi) is 5.76. The number of aryl methyl sites for hydroxylation is 1. The highest BCUT2D eigenvalue weighted by atomic mass is 32.2. The molecule has 1 nitrogen and oxygen atoms in total. The number of halogens is 2. The van der Waals surface area contributed by atoms with Gasteiger partial charge in [-0.15, -0.1) is 11.8 Å². The van der Waals surface area contributed by atoms with Gasteiger partial charge in [-0.05, 0) is 36.7 Å². The fourth-order valence-electron chi connectivity index (χ4n) is 2.08. The summed E-state index contributed by atoms with van der Waals surface area (Å²) in [5.74, 6) is -0.414. The van der Waals surface area contributed by atoms with Crippen LogP contribution in [0.2, 0.25) is 0 Å². The van der Waals surface area contributed by atoms with E-state index in [9.17, 15) is 8.78 Å². The third-order valence-electron chi connectivity index (χ3n) is 3.10.